The van der Waals surface area contributed by atoms with Crippen molar-refractivity contribution in [3.8, 4) is 5.75 Å². The lowest BCUT2D eigenvalue weighted by Crippen LogP contribution is -2.16. The van der Waals surface area contributed by atoms with Gasteiger partial charge in [0.2, 0.25) is 0 Å². The van der Waals surface area contributed by atoms with Gasteiger partial charge < -0.3 is 9.63 Å². The van der Waals surface area contributed by atoms with Crippen molar-refractivity contribution >= 4 is 14.1 Å². The molecular weight excluding hydrogens is 277 g/mol. The zero-order valence-electron chi connectivity index (χ0n) is 12.4. The molecule has 0 heterocycles. The van der Waals surface area contributed by atoms with Gasteiger partial charge in [0.15, 0.2) is 11.8 Å². The van der Waals surface area contributed by atoms with Crippen molar-refractivity contribution in [3.05, 3.63) is 29.8 Å². The average molecular weight is 297 g/mol. The molecule has 0 bridgehead atoms. The molecule has 1 aromatic carbocycles. The second-order valence-electron chi connectivity index (χ2n) is 5.42. The molecule has 110 valence electrons. The summed E-state index contributed by atoms with van der Waals surface area (Å²) in [5.41, 5.74) is 1.20. The molecule has 1 rings (SSSR count). The number of carbonyl (C=O) groups excluding carboxylic acids is 1. The molecule has 0 fully saturated rings. The first-order chi connectivity index (χ1) is 9.24. The summed E-state index contributed by atoms with van der Waals surface area (Å²) in [6.07, 6.45) is 0. The lowest BCUT2D eigenvalue weighted by molar-refractivity contribution is -0.169. The second kappa shape index (κ2) is 6.82. The van der Waals surface area contributed by atoms with Gasteiger partial charge in [-0.1, -0.05) is 37.6 Å². The highest BCUT2D eigenvalue weighted by Gasteiger charge is 2.18. The van der Waals surface area contributed by atoms with Gasteiger partial charge >= 0.3 is 14.1 Å². The van der Waals surface area contributed by atoms with Gasteiger partial charge in [-0.05, 0) is 30.0 Å². The third-order valence-electron chi connectivity index (χ3n) is 2.71. The lowest BCUT2D eigenvalue weighted by Gasteiger charge is -2.18. The van der Waals surface area contributed by atoms with Crippen LogP contribution in [0.1, 0.15) is 33.3 Å². The van der Waals surface area contributed by atoms with Crippen molar-refractivity contribution in [1.82, 2.24) is 0 Å². The fourth-order valence-electron chi connectivity index (χ4n) is 1.49. The molecule has 0 amide bonds. The fourth-order valence-corrected chi connectivity index (χ4v) is 2.21. The van der Waals surface area contributed by atoms with Crippen molar-refractivity contribution in [2.24, 2.45) is 4.74 Å². The van der Waals surface area contributed by atoms with Crippen LogP contribution in [0.3, 0.4) is 0 Å². The number of benzene rings is 1. The summed E-state index contributed by atoms with van der Waals surface area (Å²) in [5, 5.41) is 0. The molecule has 0 radical (unpaired) electrons. The number of methoxy groups -OCH3 is 1. The van der Waals surface area contributed by atoms with Crippen molar-refractivity contribution in [2.75, 3.05) is 7.11 Å². The van der Waals surface area contributed by atoms with Crippen LogP contribution in [0.4, 0.5) is 0 Å². The molecule has 0 aliphatic carbocycles. The van der Waals surface area contributed by atoms with E-state index >= 15 is 0 Å². The van der Waals surface area contributed by atoms with Gasteiger partial charge in [0.1, 0.15) is 0 Å². The van der Waals surface area contributed by atoms with Gasteiger partial charge in [0, 0.05) is 0 Å². The molecule has 6 heteroatoms. The smallest absolute Gasteiger partial charge is 0.395 e. The van der Waals surface area contributed by atoms with Crippen molar-refractivity contribution < 1.29 is 18.9 Å². The molecule has 5 nitrogen and oxygen atoms in total. The average Bonchev–Trinajstić information content (AvgIpc) is 2.37. The first kappa shape index (κ1) is 16.6. The van der Waals surface area contributed by atoms with Gasteiger partial charge in [-0.2, -0.15) is 0 Å². The Kier molecular flexibility index (Phi) is 5.66. The van der Waals surface area contributed by atoms with Crippen LogP contribution in [0.25, 0.3) is 0 Å². The minimum absolute atomic E-state index is 0.0461. The minimum atomic E-state index is -2.30. The predicted molar refractivity (Wildman–Crippen MR) is 76.6 cm³/mol. The molecule has 0 spiro atoms. The highest BCUT2D eigenvalue weighted by atomic mass is 31.1. The molecule has 1 aromatic rings. The number of carbonyl (C=O) groups is 1. The maximum absolute atomic E-state index is 11.7. The summed E-state index contributed by atoms with van der Waals surface area (Å²) in [4.78, 5) is 22.8. The van der Waals surface area contributed by atoms with Crippen LogP contribution in [0.5, 0.6) is 5.75 Å². The molecule has 1 unspecified atom stereocenters. The summed E-state index contributed by atoms with van der Waals surface area (Å²) in [6.45, 7) is 7.83. The van der Waals surface area contributed by atoms with E-state index < -0.39 is 20.2 Å². The van der Waals surface area contributed by atoms with E-state index in [0.717, 1.165) is 5.56 Å². The van der Waals surface area contributed by atoms with E-state index in [2.05, 4.69) is 30.3 Å². The summed E-state index contributed by atoms with van der Waals surface area (Å²) in [7, 11) is -1.04. The van der Waals surface area contributed by atoms with Crippen LogP contribution in [0.15, 0.2) is 29.0 Å². The number of hydrogen-bond acceptors (Lipinski definition) is 5. The molecule has 0 aromatic heterocycles. The zero-order valence-corrected chi connectivity index (χ0v) is 13.3. The first-order valence-electron chi connectivity index (χ1n) is 6.28. The van der Waals surface area contributed by atoms with E-state index in [1.54, 1.807) is 12.1 Å². The fraction of sp³-hybridized carbons (Fsp3) is 0.500. The monoisotopic (exact) mass is 297 g/mol. The number of rotatable bonds is 4. The van der Waals surface area contributed by atoms with Gasteiger partial charge in [0.25, 0.3) is 0 Å². The maximum Gasteiger partial charge on any atom is 0.395 e. The van der Waals surface area contributed by atoms with E-state index in [0.29, 0.717) is 5.75 Å². The summed E-state index contributed by atoms with van der Waals surface area (Å²) >= 11 is 0. The normalized spacial score (nSPS) is 13.8. The Morgan fingerprint density at radius 2 is 1.85 bits per heavy atom. The molecule has 0 aliphatic rings. The van der Waals surface area contributed by atoms with Gasteiger partial charge in [-0.3, -0.25) is 4.52 Å². The third kappa shape index (κ3) is 4.91. The maximum atomic E-state index is 11.7. The molecule has 0 N–H and O–H groups in total. The van der Waals surface area contributed by atoms with E-state index in [4.69, 9.17) is 4.52 Å². The second-order valence-corrected chi connectivity index (χ2v) is 6.31. The van der Waals surface area contributed by atoms with Crippen molar-refractivity contribution in [3.63, 3.8) is 0 Å². The molecule has 0 aliphatic heterocycles. The highest BCUT2D eigenvalue weighted by molar-refractivity contribution is 7.34. The molecule has 0 saturated heterocycles. The predicted octanol–water partition coefficient (Wildman–Crippen LogP) is 2.78. The van der Waals surface area contributed by atoms with E-state index in [1.165, 1.54) is 14.0 Å². The van der Waals surface area contributed by atoms with E-state index in [1.807, 2.05) is 12.1 Å². The summed E-state index contributed by atoms with van der Waals surface area (Å²) < 4.78 is 13.4. The standard InChI is InChI=1S/C14H20NO4P/c1-10(13(16)18-5)15-20(17)19-12-8-6-11(7-9-12)14(2,3)4/h6-10H,1-5H3/t10-/m0/s1. The van der Waals surface area contributed by atoms with E-state index in [-0.39, 0.29) is 5.41 Å². The molecule has 2 atom stereocenters. The van der Waals surface area contributed by atoms with Crippen LogP contribution in [0, 0.1) is 0 Å². The SMILES string of the molecule is COC(=O)[C@H](C)N=[P+]([O-])Oc1ccc(C(C)(C)C)cc1. The van der Waals surface area contributed by atoms with Crippen LogP contribution >= 0.6 is 8.17 Å². The quantitative estimate of drug-likeness (QED) is 0.633. The summed E-state index contributed by atoms with van der Waals surface area (Å²) in [6, 6.07) is 6.51. The minimum Gasteiger partial charge on any atom is -0.575 e. The number of hydrogen-bond donors (Lipinski definition) is 0. The zero-order chi connectivity index (χ0) is 15.3. The van der Waals surface area contributed by atoms with Gasteiger partial charge in [0.05, 0.1) is 7.11 Å². The third-order valence-corrected chi connectivity index (χ3v) is 3.62. The Morgan fingerprint density at radius 3 is 2.30 bits per heavy atom. The first-order valence-corrected chi connectivity index (χ1v) is 7.41. The Hall–Kier alpha value is -1.45. The Balaban J connectivity index is 2.74. The van der Waals surface area contributed by atoms with Gasteiger partial charge in [-0.15, -0.1) is 0 Å². The van der Waals surface area contributed by atoms with Crippen molar-refractivity contribution in [1.29, 1.82) is 0 Å². The lowest BCUT2D eigenvalue weighted by atomic mass is 9.87. The Bertz CT molecular complexity index is 491. The molecule has 0 saturated carbocycles. The van der Waals surface area contributed by atoms with Crippen LogP contribution < -0.4 is 9.42 Å². The number of nitrogens with zero attached hydrogens (tertiary/aromatic N) is 1. The van der Waals surface area contributed by atoms with Crippen molar-refractivity contribution in [2.45, 2.75) is 39.2 Å². The molecule has 20 heavy (non-hydrogen) atoms. The van der Waals surface area contributed by atoms with Crippen LogP contribution in [-0.2, 0) is 14.9 Å². The van der Waals surface area contributed by atoms with Gasteiger partial charge in [-0.25, -0.2) is 4.79 Å². The molecular formula is C14H20NO4P. The largest absolute Gasteiger partial charge is 0.575 e. The Labute approximate surface area is 120 Å². The summed E-state index contributed by atoms with van der Waals surface area (Å²) in [5.74, 6) is -0.0834. The Morgan fingerprint density at radius 1 is 1.30 bits per heavy atom. The van der Waals surface area contributed by atoms with Crippen LogP contribution in [0.2, 0.25) is 0 Å². The van der Waals surface area contributed by atoms with E-state index in [9.17, 15) is 9.69 Å². The topological polar surface area (TPSA) is 71.0 Å². The number of esters is 1. The van der Waals surface area contributed by atoms with Crippen LogP contribution in [-0.4, -0.2) is 19.1 Å². The highest BCUT2D eigenvalue weighted by Crippen LogP contribution is 2.28. The number of ether oxygens (including phenoxy) is 1.